The Balaban J connectivity index is 1.30. The highest BCUT2D eigenvalue weighted by atomic mass is 32.2. The summed E-state index contributed by atoms with van der Waals surface area (Å²) in [6, 6.07) is 18.4. The molecule has 0 radical (unpaired) electrons. The number of amidine groups is 1. The van der Waals surface area contributed by atoms with E-state index in [1.165, 1.54) is 22.2 Å². The second-order valence-corrected chi connectivity index (χ2v) is 9.82. The summed E-state index contributed by atoms with van der Waals surface area (Å²) >= 11 is 1.24. The lowest BCUT2D eigenvalue weighted by Crippen LogP contribution is -2.31. The maximum atomic E-state index is 12.8. The average Bonchev–Trinajstić information content (AvgIpc) is 3.52. The number of benzene rings is 3. The van der Waals surface area contributed by atoms with E-state index in [1.807, 2.05) is 69.3 Å². The Labute approximate surface area is 224 Å². The first-order valence-electron chi connectivity index (χ1n) is 11.9. The number of hydrogen-bond donors (Lipinski definition) is 1. The van der Waals surface area contributed by atoms with Crippen LogP contribution in [0.25, 0.3) is 17.1 Å². The number of rotatable bonds is 5. The summed E-state index contributed by atoms with van der Waals surface area (Å²) < 4.78 is 7.05. The minimum absolute atomic E-state index is 0.125. The van der Waals surface area contributed by atoms with E-state index in [9.17, 15) is 9.59 Å². The minimum atomic E-state index is -0.564. The number of urea groups is 1. The van der Waals surface area contributed by atoms with Crippen molar-refractivity contribution >= 4 is 40.2 Å². The lowest BCUT2D eigenvalue weighted by atomic mass is 10.1. The summed E-state index contributed by atoms with van der Waals surface area (Å²) in [6.45, 7) is 5.84. The Bertz CT molecular complexity index is 1520. The Morgan fingerprint density at radius 2 is 1.71 bits per heavy atom. The standard InChI is InChI=1S/C28H26N6O3S/c1-17-5-11-22(12-6-17)33-16-29-26(32-33)20-7-9-21(10-8-20)30-27(36)31-28-34(24(35)15-38-28)25-18(2)13-23(37-4)14-19(25)3/h5-14,16H,15H2,1-4H3,(H,30,36). The molecular formula is C28H26N6O3S. The monoisotopic (exact) mass is 526 g/mol. The van der Waals surface area contributed by atoms with Gasteiger partial charge in [0.25, 0.3) is 0 Å². The van der Waals surface area contributed by atoms with Crippen molar-refractivity contribution in [3.63, 3.8) is 0 Å². The zero-order valence-corrected chi connectivity index (χ0v) is 22.2. The summed E-state index contributed by atoms with van der Waals surface area (Å²) in [5, 5.41) is 7.67. The predicted octanol–water partition coefficient (Wildman–Crippen LogP) is 5.54. The third-order valence-electron chi connectivity index (χ3n) is 6.07. The van der Waals surface area contributed by atoms with E-state index in [1.54, 1.807) is 30.3 Å². The number of aryl methyl sites for hydroxylation is 3. The second kappa shape index (κ2) is 10.5. The fraction of sp³-hybridized carbons (Fsp3) is 0.179. The molecule has 3 amide bonds. The summed E-state index contributed by atoms with van der Waals surface area (Å²) in [5.41, 5.74) is 5.92. The van der Waals surface area contributed by atoms with Gasteiger partial charge in [-0.05, 0) is 80.4 Å². The van der Waals surface area contributed by atoms with Crippen molar-refractivity contribution in [3.8, 4) is 22.8 Å². The Morgan fingerprint density at radius 3 is 2.37 bits per heavy atom. The van der Waals surface area contributed by atoms with E-state index in [-0.39, 0.29) is 11.7 Å². The van der Waals surface area contributed by atoms with Gasteiger partial charge in [0, 0.05) is 11.3 Å². The summed E-state index contributed by atoms with van der Waals surface area (Å²) in [4.78, 5) is 35.6. The van der Waals surface area contributed by atoms with E-state index in [2.05, 4.69) is 20.4 Å². The molecule has 1 N–H and O–H groups in total. The number of nitrogens with zero attached hydrogens (tertiary/aromatic N) is 5. The number of ether oxygens (including phenoxy) is 1. The molecule has 0 bridgehead atoms. The van der Waals surface area contributed by atoms with Gasteiger partial charge in [-0.15, -0.1) is 5.10 Å². The van der Waals surface area contributed by atoms with Crippen molar-refractivity contribution in [3.05, 3.63) is 83.7 Å². The van der Waals surface area contributed by atoms with Crippen LogP contribution < -0.4 is 15.0 Å². The van der Waals surface area contributed by atoms with Gasteiger partial charge in [0.05, 0.1) is 24.2 Å². The van der Waals surface area contributed by atoms with Crippen LogP contribution in [0.5, 0.6) is 5.75 Å². The predicted molar refractivity (Wildman–Crippen MR) is 150 cm³/mol. The van der Waals surface area contributed by atoms with Crippen molar-refractivity contribution in [1.82, 2.24) is 14.8 Å². The van der Waals surface area contributed by atoms with Crippen LogP contribution in [0.2, 0.25) is 0 Å². The molecule has 192 valence electrons. The molecule has 1 aliphatic rings. The molecule has 4 aromatic rings. The number of anilines is 2. The third kappa shape index (κ3) is 5.16. The molecule has 0 aliphatic carbocycles. The number of hydrogen-bond acceptors (Lipinski definition) is 6. The molecule has 38 heavy (non-hydrogen) atoms. The smallest absolute Gasteiger partial charge is 0.347 e. The number of carbonyl (C=O) groups excluding carboxylic acids is 2. The molecule has 9 nitrogen and oxygen atoms in total. The molecular weight excluding hydrogens is 500 g/mol. The molecule has 0 unspecified atom stereocenters. The van der Waals surface area contributed by atoms with Crippen LogP contribution in [-0.2, 0) is 4.79 Å². The van der Waals surface area contributed by atoms with Gasteiger partial charge in [0.15, 0.2) is 11.0 Å². The average molecular weight is 527 g/mol. The molecule has 1 fully saturated rings. The maximum absolute atomic E-state index is 12.8. The Kier molecular flexibility index (Phi) is 6.97. The van der Waals surface area contributed by atoms with Gasteiger partial charge in [-0.25, -0.2) is 14.5 Å². The molecule has 0 saturated carbocycles. The fourth-order valence-corrected chi connectivity index (χ4v) is 5.06. The van der Waals surface area contributed by atoms with Gasteiger partial charge in [0.1, 0.15) is 12.1 Å². The van der Waals surface area contributed by atoms with Crippen molar-refractivity contribution in [1.29, 1.82) is 0 Å². The van der Waals surface area contributed by atoms with Gasteiger partial charge < -0.3 is 10.1 Å². The quantitative estimate of drug-likeness (QED) is 0.367. The lowest BCUT2D eigenvalue weighted by molar-refractivity contribution is -0.115. The number of methoxy groups -OCH3 is 1. The molecule has 1 saturated heterocycles. The first-order chi connectivity index (χ1) is 18.3. The van der Waals surface area contributed by atoms with Crippen LogP contribution in [0.15, 0.2) is 72.0 Å². The van der Waals surface area contributed by atoms with Gasteiger partial charge in [-0.2, -0.15) is 4.99 Å². The van der Waals surface area contributed by atoms with E-state index < -0.39 is 6.03 Å². The molecule has 0 spiro atoms. The highest BCUT2D eigenvalue weighted by molar-refractivity contribution is 8.15. The van der Waals surface area contributed by atoms with Crippen molar-refractivity contribution < 1.29 is 14.3 Å². The SMILES string of the molecule is COc1cc(C)c(N2C(=O)CSC2=NC(=O)Nc2ccc(-c3ncn(-c4ccc(C)cc4)n3)cc2)c(C)c1. The van der Waals surface area contributed by atoms with Crippen molar-refractivity contribution in [2.75, 3.05) is 23.1 Å². The molecule has 2 heterocycles. The van der Waals surface area contributed by atoms with Gasteiger partial charge in [-0.1, -0.05) is 29.5 Å². The number of aliphatic imine (C=N–C) groups is 1. The van der Waals surface area contributed by atoms with Crippen LogP contribution in [-0.4, -0.2) is 44.7 Å². The zero-order chi connectivity index (χ0) is 26.8. The fourth-order valence-electron chi connectivity index (χ4n) is 4.21. The van der Waals surface area contributed by atoms with Crippen LogP contribution in [0, 0.1) is 20.8 Å². The number of aromatic nitrogens is 3. The number of thioether (sulfide) groups is 1. The van der Waals surface area contributed by atoms with Crippen LogP contribution >= 0.6 is 11.8 Å². The zero-order valence-electron chi connectivity index (χ0n) is 21.4. The lowest BCUT2D eigenvalue weighted by Gasteiger charge is -2.21. The third-order valence-corrected chi connectivity index (χ3v) is 6.99. The number of nitrogens with one attached hydrogen (secondary N) is 1. The van der Waals surface area contributed by atoms with Crippen LogP contribution in [0.3, 0.4) is 0 Å². The van der Waals surface area contributed by atoms with Gasteiger partial charge in [0.2, 0.25) is 5.91 Å². The van der Waals surface area contributed by atoms with Crippen LogP contribution in [0.1, 0.15) is 16.7 Å². The van der Waals surface area contributed by atoms with Crippen LogP contribution in [0.4, 0.5) is 16.2 Å². The van der Waals surface area contributed by atoms with E-state index in [0.717, 1.165) is 22.4 Å². The molecule has 10 heteroatoms. The molecule has 5 rings (SSSR count). The highest BCUT2D eigenvalue weighted by Gasteiger charge is 2.32. The topological polar surface area (TPSA) is 102 Å². The number of carbonyl (C=O) groups is 2. The maximum Gasteiger partial charge on any atom is 0.347 e. The summed E-state index contributed by atoms with van der Waals surface area (Å²) in [6.07, 6.45) is 1.67. The van der Waals surface area contributed by atoms with Gasteiger partial charge >= 0.3 is 6.03 Å². The van der Waals surface area contributed by atoms with E-state index in [4.69, 9.17) is 4.74 Å². The van der Waals surface area contributed by atoms with E-state index in [0.29, 0.717) is 28.1 Å². The molecule has 0 atom stereocenters. The van der Waals surface area contributed by atoms with Gasteiger partial charge in [-0.3, -0.25) is 9.69 Å². The minimum Gasteiger partial charge on any atom is -0.497 e. The number of amides is 3. The normalized spacial score (nSPS) is 14.3. The Morgan fingerprint density at radius 1 is 1.03 bits per heavy atom. The highest BCUT2D eigenvalue weighted by Crippen LogP contribution is 2.35. The van der Waals surface area contributed by atoms with Crippen molar-refractivity contribution in [2.45, 2.75) is 20.8 Å². The van der Waals surface area contributed by atoms with Crippen molar-refractivity contribution in [2.24, 2.45) is 4.99 Å². The second-order valence-electron chi connectivity index (χ2n) is 8.88. The summed E-state index contributed by atoms with van der Waals surface area (Å²) in [7, 11) is 1.60. The first-order valence-corrected chi connectivity index (χ1v) is 12.9. The Hall–Kier alpha value is -4.44. The molecule has 1 aliphatic heterocycles. The molecule has 3 aromatic carbocycles. The summed E-state index contributed by atoms with van der Waals surface area (Å²) in [5.74, 6) is 1.37. The molecule has 1 aromatic heterocycles. The van der Waals surface area contributed by atoms with E-state index >= 15 is 0 Å². The largest absolute Gasteiger partial charge is 0.497 e. The first kappa shape index (κ1) is 25.2.